The molecule has 8 aromatic rings. The van der Waals surface area contributed by atoms with E-state index in [4.69, 9.17) is 18.9 Å². The van der Waals surface area contributed by atoms with Gasteiger partial charge in [-0.1, -0.05) is 121 Å². The van der Waals surface area contributed by atoms with Gasteiger partial charge in [0.2, 0.25) is 0 Å². The molecule has 0 bridgehead atoms. The van der Waals surface area contributed by atoms with Gasteiger partial charge in [-0.05, 0) is 81.9 Å². The molecule has 8 rings (SSSR count). The third-order valence-electron chi connectivity index (χ3n) is 8.93. The fraction of sp³-hybridized carbons (Fsp3) is 0.0455. The molecule has 0 aliphatic rings. The second kappa shape index (κ2) is 12.7. The molecule has 6 nitrogen and oxygen atoms in total. The molecule has 0 heterocycles. The number of para-hydroxylation sites is 2. The lowest BCUT2D eigenvalue weighted by Crippen LogP contribution is -2.15. The number of fused-ring (bicyclic) bond motifs is 4. The van der Waals surface area contributed by atoms with E-state index in [0.29, 0.717) is 23.0 Å². The van der Waals surface area contributed by atoms with E-state index in [1.807, 2.05) is 98.8 Å². The highest BCUT2D eigenvalue weighted by Gasteiger charge is 2.26. The lowest BCUT2D eigenvalue weighted by Gasteiger charge is -2.22. The SMILES string of the molecule is Cc1cccc2c(-c3c4ccccc4c(OC(=O)Oc4ccccc4)c4c(C)cccc34)c3ccccc3c(OC(=O)Oc3ccccc3)c12. The second-order valence-corrected chi connectivity index (χ2v) is 12.0. The summed E-state index contributed by atoms with van der Waals surface area (Å²) >= 11 is 0. The Hall–Kier alpha value is -6.66. The molecule has 0 amide bonds. The maximum absolute atomic E-state index is 13.3. The molecule has 0 saturated heterocycles. The third kappa shape index (κ3) is 5.43. The zero-order chi connectivity index (χ0) is 34.2. The number of benzene rings is 8. The molecule has 0 aliphatic heterocycles. The Morgan fingerprint density at radius 2 is 0.700 bits per heavy atom. The predicted molar refractivity (Wildman–Crippen MR) is 198 cm³/mol. The van der Waals surface area contributed by atoms with Gasteiger partial charge in [0.05, 0.1) is 0 Å². The van der Waals surface area contributed by atoms with Crippen LogP contribution in [0, 0.1) is 13.8 Å². The largest absolute Gasteiger partial charge is 0.519 e. The minimum absolute atomic E-state index is 0.391. The van der Waals surface area contributed by atoms with E-state index in [0.717, 1.165) is 65.3 Å². The Morgan fingerprint density at radius 3 is 1.10 bits per heavy atom. The molecule has 0 radical (unpaired) electrons. The highest BCUT2D eigenvalue weighted by atomic mass is 16.7. The summed E-state index contributed by atoms with van der Waals surface area (Å²) in [5.74, 6) is 1.63. The highest BCUT2D eigenvalue weighted by molar-refractivity contribution is 6.27. The topological polar surface area (TPSA) is 71.1 Å². The standard InChI is InChI=1S/C44H30O6/c1-27-15-13-25-35-37(27)41(49-43(45)47-29-17-5-3-6-18-29)33-23-11-9-21-31(33)39(35)40-32-22-10-12-24-34(32)42(38-28(2)16-14-26-36(38)40)50-44(46)48-30-19-7-4-8-20-30/h3-26H,1-2H3. The number of hydrogen-bond acceptors (Lipinski definition) is 6. The first-order valence-electron chi connectivity index (χ1n) is 16.3. The van der Waals surface area contributed by atoms with E-state index in [-0.39, 0.29) is 0 Å². The van der Waals surface area contributed by atoms with Crippen molar-refractivity contribution in [2.24, 2.45) is 0 Å². The summed E-state index contributed by atoms with van der Waals surface area (Å²) < 4.78 is 23.3. The Balaban J connectivity index is 1.39. The van der Waals surface area contributed by atoms with Gasteiger partial charge in [-0.2, -0.15) is 0 Å². The lowest BCUT2D eigenvalue weighted by molar-refractivity contribution is 0.152. The van der Waals surface area contributed by atoms with E-state index in [1.54, 1.807) is 48.5 Å². The summed E-state index contributed by atoms with van der Waals surface area (Å²) in [5.41, 5.74) is 3.80. The van der Waals surface area contributed by atoms with Crippen LogP contribution >= 0.6 is 0 Å². The van der Waals surface area contributed by atoms with Crippen molar-refractivity contribution in [3.05, 3.63) is 157 Å². The molecule has 0 N–H and O–H groups in total. The smallest absolute Gasteiger partial charge is 0.395 e. The summed E-state index contributed by atoms with van der Waals surface area (Å²) in [4.78, 5) is 26.5. The molecule has 0 atom stereocenters. The van der Waals surface area contributed by atoms with Gasteiger partial charge in [-0.3, -0.25) is 0 Å². The third-order valence-corrected chi connectivity index (χ3v) is 8.93. The molecule has 6 heteroatoms. The fourth-order valence-electron chi connectivity index (χ4n) is 6.84. The zero-order valence-electron chi connectivity index (χ0n) is 27.3. The molecule has 0 aromatic heterocycles. The summed E-state index contributed by atoms with van der Waals surface area (Å²) in [5, 5.41) is 6.67. The molecule has 0 saturated carbocycles. The molecule has 0 fully saturated rings. The number of rotatable bonds is 5. The average molecular weight is 655 g/mol. The van der Waals surface area contributed by atoms with E-state index < -0.39 is 12.3 Å². The van der Waals surface area contributed by atoms with Gasteiger partial charge in [-0.25, -0.2) is 9.59 Å². The number of carbonyl (C=O) groups excluding carboxylic acids is 2. The molecular formula is C44H30O6. The molecule has 50 heavy (non-hydrogen) atoms. The van der Waals surface area contributed by atoms with E-state index in [9.17, 15) is 9.59 Å². The van der Waals surface area contributed by atoms with Crippen molar-refractivity contribution in [2.75, 3.05) is 0 Å². The first-order valence-corrected chi connectivity index (χ1v) is 16.3. The van der Waals surface area contributed by atoms with Crippen LogP contribution in [0.2, 0.25) is 0 Å². The van der Waals surface area contributed by atoms with Crippen LogP contribution in [0.4, 0.5) is 9.59 Å². The van der Waals surface area contributed by atoms with Crippen molar-refractivity contribution in [2.45, 2.75) is 13.8 Å². The van der Waals surface area contributed by atoms with E-state index >= 15 is 0 Å². The maximum atomic E-state index is 13.3. The van der Waals surface area contributed by atoms with Crippen LogP contribution in [-0.2, 0) is 0 Å². The number of ether oxygens (including phenoxy) is 4. The average Bonchev–Trinajstić information content (AvgIpc) is 3.13. The number of aryl methyl sites for hydroxylation is 2. The van der Waals surface area contributed by atoms with Crippen LogP contribution in [0.5, 0.6) is 23.0 Å². The second-order valence-electron chi connectivity index (χ2n) is 12.0. The minimum atomic E-state index is -0.825. The molecular weight excluding hydrogens is 624 g/mol. The summed E-state index contributed by atoms with van der Waals surface area (Å²) in [6.07, 6.45) is -1.65. The number of carbonyl (C=O) groups is 2. The minimum Gasteiger partial charge on any atom is -0.395 e. The molecule has 242 valence electrons. The normalized spacial score (nSPS) is 11.2. The van der Waals surface area contributed by atoms with Gasteiger partial charge in [0.1, 0.15) is 11.5 Å². The van der Waals surface area contributed by atoms with Gasteiger partial charge in [0.15, 0.2) is 11.5 Å². The monoisotopic (exact) mass is 654 g/mol. The van der Waals surface area contributed by atoms with Crippen molar-refractivity contribution in [1.82, 2.24) is 0 Å². The van der Waals surface area contributed by atoms with Gasteiger partial charge in [0.25, 0.3) is 0 Å². The molecule has 0 unspecified atom stereocenters. The van der Waals surface area contributed by atoms with Gasteiger partial charge in [0, 0.05) is 21.5 Å². The summed E-state index contributed by atoms with van der Waals surface area (Å²) in [6.45, 7) is 4.01. The van der Waals surface area contributed by atoms with E-state index in [2.05, 4.69) is 12.1 Å². The zero-order valence-corrected chi connectivity index (χ0v) is 27.3. The van der Waals surface area contributed by atoms with Gasteiger partial charge >= 0.3 is 12.3 Å². The van der Waals surface area contributed by atoms with Crippen LogP contribution in [0.15, 0.2) is 146 Å². The van der Waals surface area contributed by atoms with Crippen molar-refractivity contribution >= 4 is 55.4 Å². The predicted octanol–water partition coefficient (Wildman–Crippen LogP) is 11.7. The van der Waals surface area contributed by atoms with E-state index in [1.165, 1.54) is 0 Å². The molecule has 0 aliphatic carbocycles. The van der Waals surface area contributed by atoms with Crippen LogP contribution in [0.3, 0.4) is 0 Å². The van der Waals surface area contributed by atoms with Crippen molar-refractivity contribution in [3.8, 4) is 34.1 Å². The van der Waals surface area contributed by atoms with Crippen LogP contribution in [0.1, 0.15) is 11.1 Å². The van der Waals surface area contributed by atoms with Crippen molar-refractivity contribution < 1.29 is 28.5 Å². The van der Waals surface area contributed by atoms with Crippen LogP contribution in [0.25, 0.3) is 54.2 Å². The highest BCUT2D eigenvalue weighted by Crippen LogP contribution is 2.51. The summed E-state index contributed by atoms with van der Waals surface area (Å²) in [7, 11) is 0. The number of hydrogen-bond donors (Lipinski definition) is 0. The molecule has 8 aromatic carbocycles. The Bertz CT molecular complexity index is 2410. The Morgan fingerprint density at radius 1 is 0.360 bits per heavy atom. The molecule has 0 spiro atoms. The van der Waals surface area contributed by atoms with Gasteiger partial charge < -0.3 is 18.9 Å². The Kier molecular flexibility index (Phi) is 7.82. The first-order chi connectivity index (χ1) is 24.5. The van der Waals surface area contributed by atoms with Crippen LogP contribution < -0.4 is 18.9 Å². The Labute approximate surface area is 288 Å². The summed E-state index contributed by atoms with van der Waals surface area (Å²) in [6, 6.07) is 45.7. The quantitative estimate of drug-likeness (QED) is 0.104. The lowest BCUT2D eigenvalue weighted by atomic mass is 9.84. The maximum Gasteiger partial charge on any atom is 0.519 e. The van der Waals surface area contributed by atoms with Crippen molar-refractivity contribution in [1.29, 1.82) is 0 Å². The van der Waals surface area contributed by atoms with Crippen molar-refractivity contribution in [3.63, 3.8) is 0 Å². The van der Waals surface area contributed by atoms with Crippen LogP contribution in [-0.4, -0.2) is 12.3 Å². The van der Waals surface area contributed by atoms with Gasteiger partial charge in [-0.15, -0.1) is 0 Å². The fourth-order valence-corrected chi connectivity index (χ4v) is 6.84. The first kappa shape index (κ1) is 30.7.